The molecule has 0 spiro atoms. The molecule has 1 saturated heterocycles. The Labute approximate surface area is 279 Å². The molecule has 6 atom stereocenters. The fourth-order valence-electron chi connectivity index (χ4n) is 8.88. The van der Waals surface area contributed by atoms with Gasteiger partial charge >= 0.3 is 0 Å². The fourth-order valence-corrected chi connectivity index (χ4v) is 8.88. The lowest BCUT2D eigenvalue weighted by Crippen LogP contribution is -2.51. The van der Waals surface area contributed by atoms with E-state index < -0.39 is 11.6 Å². The van der Waals surface area contributed by atoms with E-state index in [0.717, 1.165) is 90.6 Å². The van der Waals surface area contributed by atoms with Crippen LogP contribution in [0.25, 0.3) is 33.6 Å². The number of halogens is 1. The molecule has 5 aliphatic rings. The number of hydrogen-bond donors (Lipinski definition) is 2. The van der Waals surface area contributed by atoms with Crippen molar-refractivity contribution in [1.82, 2.24) is 29.3 Å². The van der Waals surface area contributed by atoms with E-state index in [1.165, 1.54) is 0 Å². The van der Waals surface area contributed by atoms with Crippen molar-refractivity contribution < 1.29 is 18.7 Å². The van der Waals surface area contributed by atoms with Gasteiger partial charge in [-0.25, -0.2) is 14.4 Å². The van der Waals surface area contributed by atoms with Gasteiger partial charge < -0.3 is 29.8 Å². The molecule has 4 aromatic rings. The number of alkyl halides is 1. The number of carbonyl (C=O) groups excluding carboxylic acids is 2. The highest BCUT2D eigenvalue weighted by atomic mass is 19.1. The number of aryl methyl sites for hydroxylation is 1. The Bertz CT molecular complexity index is 1970. The zero-order valence-electron chi connectivity index (χ0n) is 27.8. The molecule has 48 heavy (non-hydrogen) atoms. The van der Waals surface area contributed by atoms with Crippen LogP contribution in [-0.4, -0.2) is 67.2 Å². The Morgan fingerprint density at radius 2 is 1.92 bits per heavy atom. The first kappa shape index (κ1) is 30.1. The zero-order valence-corrected chi connectivity index (χ0v) is 27.8. The third kappa shape index (κ3) is 4.82. The second-order valence-electron chi connectivity index (χ2n) is 15.1. The molecule has 3 saturated carbocycles. The molecule has 4 fully saturated rings. The van der Waals surface area contributed by atoms with Gasteiger partial charge in [-0.15, -0.1) is 0 Å². The topological polar surface area (TPSA) is 120 Å². The van der Waals surface area contributed by atoms with Gasteiger partial charge in [0.1, 0.15) is 22.6 Å². The highest BCUT2D eigenvalue weighted by molar-refractivity contribution is 6.00. The normalized spacial score (nSPS) is 30.4. The molecule has 10 nitrogen and oxygen atoms in total. The van der Waals surface area contributed by atoms with Crippen LogP contribution < -0.4 is 15.8 Å². The second kappa shape index (κ2) is 11.0. The van der Waals surface area contributed by atoms with Crippen LogP contribution in [0.1, 0.15) is 99.3 Å². The van der Waals surface area contributed by atoms with E-state index in [1.54, 1.807) is 7.11 Å². The third-order valence-electron chi connectivity index (χ3n) is 11.9. The van der Waals surface area contributed by atoms with Gasteiger partial charge in [-0.3, -0.25) is 9.59 Å². The van der Waals surface area contributed by atoms with E-state index in [-0.39, 0.29) is 36.0 Å². The average molecular weight is 654 g/mol. The predicted molar refractivity (Wildman–Crippen MR) is 180 cm³/mol. The van der Waals surface area contributed by atoms with Crippen LogP contribution >= 0.6 is 0 Å². The molecule has 3 N–H and O–H groups in total. The number of fused-ring (bicyclic) bond motifs is 5. The summed E-state index contributed by atoms with van der Waals surface area (Å²) in [5.74, 6) is 1.20. The van der Waals surface area contributed by atoms with Crippen molar-refractivity contribution in [2.75, 3.05) is 13.7 Å². The van der Waals surface area contributed by atoms with E-state index in [2.05, 4.69) is 26.6 Å². The quantitative estimate of drug-likeness (QED) is 0.286. The number of nitrogens with two attached hydrogens (primary N) is 1. The number of pyridine rings is 1. The molecule has 4 bridgehead atoms. The third-order valence-corrected chi connectivity index (χ3v) is 11.9. The highest BCUT2D eigenvalue weighted by Gasteiger charge is 2.59. The molecule has 2 amide bonds. The summed E-state index contributed by atoms with van der Waals surface area (Å²) in [6, 6.07) is 10.2. The number of benzene rings is 1. The van der Waals surface area contributed by atoms with Crippen LogP contribution in [0.2, 0.25) is 0 Å². The lowest BCUT2D eigenvalue weighted by molar-refractivity contribution is -0.124. The van der Waals surface area contributed by atoms with Crippen LogP contribution in [0.15, 0.2) is 30.3 Å². The van der Waals surface area contributed by atoms with Crippen molar-refractivity contribution in [3.05, 3.63) is 41.6 Å². The summed E-state index contributed by atoms with van der Waals surface area (Å²) in [6.07, 6.45) is 8.33. The van der Waals surface area contributed by atoms with Gasteiger partial charge in [-0.1, -0.05) is 12.8 Å². The number of piperidine rings is 1. The van der Waals surface area contributed by atoms with E-state index >= 15 is 4.39 Å². The van der Waals surface area contributed by atoms with Crippen molar-refractivity contribution >= 4 is 33.9 Å². The monoisotopic (exact) mass is 653 g/mol. The van der Waals surface area contributed by atoms with Crippen LogP contribution in [0.3, 0.4) is 0 Å². The van der Waals surface area contributed by atoms with Gasteiger partial charge in [-0.05, 0) is 94.5 Å². The van der Waals surface area contributed by atoms with Crippen molar-refractivity contribution in [1.29, 1.82) is 0 Å². The Hall–Kier alpha value is -3.99. The molecular weight excluding hydrogens is 609 g/mol. The van der Waals surface area contributed by atoms with Gasteiger partial charge in [0.2, 0.25) is 5.91 Å². The first-order valence-corrected chi connectivity index (χ1v) is 17.9. The standard InChI is InChI=1S/C37H44FN7O3/c1-20-28-11-7-22-16-30(43(33(22)41-28)13-5-3-4-12-37(38)18-26(37)35(46)40-20)34-42-29-15-23(17-31(48-2)32(29)45(34)24-9-10-24)36(47)44-19-27(39)21-6-8-25(44)14-21/h7,11,15-17,20-21,24-27H,3-6,8-10,12-14,18-19,39H2,1-2H3,(H,40,46)/t20-,21-,25+,26+,27+,37+/m1/s1. The lowest BCUT2D eigenvalue weighted by atomic mass is 9.94. The molecule has 252 valence electrons. The van der Waals surface area contributed by atoms with E-state index in [1.807, 2.05) is 30.0 Å². The molecule has 11 heteroatoms. The largest absolute Gasteiger partial charge is 0.494 e. The average Bonchev–Trinajstić information content (AvgIpc) is 3.89. The number of rotatable bonds is 4. The molecule has 2 aliphatic heterocycles. The Morgan fingerprint density at radius 3 is 2.73 bits per heavy atom. The van der Waals surface area contributed by atoms with E-state index in [0.29, 0.717) is 43.2 Å². The minimum absolute atomic E-state index is 0.00804. The van der Waals surface area contributed by atoms with Crippen molar-refractivity contribution in [3.8, 4) is 17.3 Å². The van der Waals surface area contributed by atoms with Crippen molar-refractivity contribution in [3.63, 3.8) is 0 Å². The van der Waals surface area contributed by atoms with E-state index in [4.69, 9.17) is 20.4 Å². The summed E-state index contributed by atoms with van der Waals surface area (Å²) in [5, 5.41) is 4.02. The number of carbonyl (C=O) groups is 2. The molecule has 0 radical (unpaired) electrons. The molecule has 5 heterocycles. The Balaban J connectivity index is 1.14. The van der Waals surface area contributed by atoms with Gasteiger partial charge in [0.15, 0.2) is 5.82 Å². The van der Waals surface area contributed by atoms with Crippen LogP contribution in [0.4, 0.5) is 4.39 Å². The second-order valence-corrected chi connectivity index (χ2v) is 15.1. The number of nitrogens with zero attached hydrogens (tertiary/aromatic N) is 5. The number of methoxy groups -OCH3 is 1. The lowest BCUT2D eigenvalue weighted by Gasteiger charge is -2.37. The van der Waals surface area contributed by atoms with Gasteiger partial charge in [0.25, 0.3) is 5.91 Å². The number of amides is 2. The molecule has 0 unspecified atom stereocenters. The number of imidazole rings is 1. The van der Waals surface area contributed by atoms with Gasteiger partial charge in [0, 0.05) is 42.2 Å². The summed E-state index contributed by atoms with van der Waals surface area (Å²) in [5.41, 5.74) is 9.87. The number of aromatic nitrogens is 4. The minimum atomic E-state index is -1.39. The zero-order chi connectivity index (χ0) is 32.9. The molecule has 9 rings (SSSR count). The molecule has 1 aromatic carbocycles. The first-order valence-electron chi connectivity index (χ1n) is 17.9. The predicted octanol–water partition coefficient (Wildman–Crippen LogP) is 5.83. The fraction of sp³-hybridized carbons (Fsp3) is 0.568. The Morgan fingerprint density at radius 1 is 1.08 bits per heavy atom. The smallest absolute Gasteiger partial charge is 0.254 e. The van der Waals surface area contributed by atoms with Crippen LogP contribution in [-0.2, 0) is 11.3 Å². The number of ether oxygens (including phenoxy) is 1. The molecular formula is C37H44FN7O3. The summed E-state index contributed by atoms with van der Waals surface area (Å²) < 4.78 is 25.9. The van der Waals surface area contributed by atoms with Crippen molar-refractivity contribution in [2.24, 2.45) is 17.6 Å². The molecule has 3 aliphatic carbocycles. The van der Waals surface area contributed by atoms with Gasteiger partial charge in [-0.2, -0.15) is 0 Å². The molecule has 3 aromatic heterocycles. The minimum Gasteiger partial charge on any atom is -0.494 e. The SMILES string of the molecule is COc1cc(C(=O)N2C[C@H](N)[C@@H]3CC[C@H]2C3)cc2nc(-c3cc4ccc5nc4n3CCCCC[C@]3(F)C[C@H]3C(=O)N[C@@H]5C)n(C3CC3)c12. The first-order chi connectivity index (χ1) is 23.2. The summed E-state index contributed by atoms with van der Waals surface area (Å²) in [6.45, 7) is 3.21. The van der Waals surface area contributed by atoms with Crippen LogP contribution in [0, 0.1) is 11.8 Å². The number of likely N-dealkylation sites (tertiary alicyclic amines) is 1. The summed E-state index contributed by atoms with van der Waals surface area (Å²) >= 11 is 0. The van der Waals surface area contributed by atoms with Gasteiger partial charge in [0.05, 0.1) is 36.0 Å². The summed E-state index contributed by atoms with van der Waals surface area (Å²) in [7, 11) is 1.66. The number of nitrogens with one attached hydrogen (secondary N) is 1. The highest BCUT2D eigenvalue weighted by Crippen LogP contribution is 2.51. The summed E-state index contributed by atoms with van der Waals surface area (Å²) in [4.78, 5) is 39.3. The van der Waals surface area contributed by atoms with E-state index in [9.17, 15) is 9.59 Å². The Kier molecular flexibility index (Phi) is 6.91. The number of hydrogen-bond acceptors (Lipinski definition) is 6. The van der Waals surface area contributed by atoms with Crippen molar-refractivity contribution in [2.45, 2.75) is 108 Å². The van der Waals surface area contributed by atoms with Crippen LogP contribution in [0.5, 0.6) is 5.75 Å². The maximum absolute atomic E-state index is 15.3. The maximum Gasteiger partial charge on any atom is 0.254 e. The maximum atomic E-state index is 15.3.